The molecule has 1 heterocycles. The minimum atomic E-state index is -1.14. The van der Waals surface area contributed by atoms with Crippen LogP contribution in [0, 0.1) is 11.6 Å². The number of amides is 1. The maximum atomic E-state index is 13.5. The topological polar surface area (TPSA) is 97.8 Å². The van der Waals surface area contributed by atoms with Crippen molar-refractivity contribution in [2.24, 2.45) is 0 Å². The van der Waals surface area contributed by atoms with Crippen LogP contribution in [0.2, 0.25) is 0 Å². The number of hydrogen-bond donors (Lipinski definition) is 2. The minimum Gasteiger partial charge on any atom is -0.489 e. The zero-order chi connectivity index (χ0) is 25.5. The Morgan fingerprint density at radius 3 is 2.08 bits per heavy atom. The molecule has 0 atom stereocenters. The molecule has 0 spiro atoms. The van der Waals surface area contributed by atoms with Crippen molar-refractivity contribution in [2.75, 3.05) is 5.32 Å². The van der Waals surface area contributed by atoms with Crippen LogP contribution in [0.4, 0.5) is 14.6 Å². The Labute approximate surface area is 205 Å². The maximum Gasteiger partial charge on any atom is 0.337 e. The summed E-state index contributed by atoms with van der Waals surface area (Å²) >= 11 is 0. The smallest absolute Gasteiger partial charge is 0.337 e. The number of ether oxygens (including phenoxy) is 2. The molecule has 3 aromatic carbocycles. The van der Waals surface area contributed by atoms with Gasteiger partial charge in [-0.3, -0.25) is 4.79 Å². The number of carbonyl (C=O) groups is 2. The molecule has 0 aliphatic carbocycles. The first-order valence-corrected chi connectivity index (χ1v) is 10.8. The number of carboxylic acid groups (broad SMARTS) is 1. The van der Waals surface area contributed by atoms with Gasteiger partial charge in [0.25, 0.3) is 5.91 Å². The molecule has 1 amide bonds. The molecular weight excluding hydrogens is 470 g/mol. The number of aromatic nitrogens is 1. The Bertz CT molecular complexity index is 1390. The van der Waals surface area contributed by atoms with Crippen molar-refractivity contribution in [3.63, 3.8) is 0 Å². The molecule has 0 aliphatic heterocycles. The average molecular weight is 490 g/mol. The number of hydrogen-bond acceptors (Lipinski definition) is 5. The molecule has 7 nitrogen and oxygen atoms in total. The summed E-state index contributed by atoms with van der Waals surface area (Å²) < 4.78 is 38.5. The lowest BCUT2D eigenvalue weighted by molar-refractivity contribution is 0.0696. The van der Waals surface area contributed by atoms with Crippen LogP contribution in [-0.2, 0) is 13.2 Å². The van der Waals surface area contributed by atoms with Gasteiger partial charge in [-0.25, -0.2) is 18.6 Å². The van der Waals surface area contributed by atoms with E-state index in [1.54, 1.807) is 30.3 Å². The van der Waals surface area contributed by atoms with Crippen molar-refractivity contribution in [1.29, 1.82) is 0 Å². The van der Waals surface area contributed by atoms with Crippen LogP contribution in [0.3, 0.4) is 0 Å². The van der Waals surface area contributed by atoms with Crippen LogP contribution in [0.1, 0.15) is 31.8 Å². The predicted octanol–water partition coefficient (Wildman–Crippen LogP) is 5.47. The van der Waals surface area contributed by atoms with Gasteiger partial charge in [0.1, 0.15) is 42.2 Å². The molecule has 4 aromatic rings. The zero-order valence-electron chi connectivity index (χ0n) is 18.8. The number of nitrogens with zero attached hydrogens (tertiary/aromatic N) is 1. The summed E-state index contributed by atoms with van der Waals surface area (Å²) in [6.07, 6.45) is 1.12. The van der Waals surface area contributed by atoms with Crippen LogP contribution < -0.4 is 14.8 Å². The van der Waals surface area contributed by atoms with Crippen LogP contribution in [0.5, 0.6) is 11.5 Å². The van der Waals surface area contributed by atoms with Crippen molar-refractivity contribution in [1.82, 2.24) is 4.98 Å². The van der Waals surface area contributed by atoms with Crippen LogP contribution in [-0.4, -0.2) is 22.0 Å². The van der Waals surface area contributed by atoms with Gasteiger partial charge in [0, 0.05) is 6.20 Å². The highest BCUT2D eigenvalue weighted by molar-refractivity contribution is 6.06. The molecular formula is C27H20F2N2O5. The van der Waals surface area contributed by atoms with E-state index in [1.807, 2.05) is 0 Å². The van der Waals surface area contributed by atoms with E-state index in [4.69, 9.17) is 14.6 Å². The molecule has 0 bridgehead atoms. The monoisotopic (exact) mass is 490 g/mol. The molecule has 9 heteroatoms. The fourth-order valence-corrected chi connectivity index (χ4v) is 3.26. The van der Waals surface area contributed by atoms with Crippen LogP contribution in [0.15, 0.2) is 85.1 Å². The van der Waals surface area contributed by atoms with Gasteiger partial charge in [-0.05, 0) is 65.7 Å². The molecule has 0 unspecified atom stereocenters. The molecule has 1 aromatic heterocycles. The molecule has 0 fully saturated rings. The zero-order valence-corrected chi connectivity index (χ0v) is 18.8. The maximum absolute atomic E-state index is 13.5. The van der Waals surface area contributed by atoms with E-state index >= 15 is 0 Å². The standard InChI is InChI=1S/C27H20F2N2O5/c28-20-5-1-3-17(11-20)15-35-22-8-9-24(36-16-18-4-2-6-21(29)12-18)23(13-22)26(32)31-25-10-7-19(14-30-25)27(33)34/h1-14H,15-16H2,(H,33,34)(H,30,31,32). The first kappa shape index (κ1) is 24.3. The van der Waals surface area contributed by atoms with Gasteiger partial charge in [-0.15, -0.1) is 0 Å². The Kier molecular flexibility index (Phi) is 7.50. The van der Waals surface area contributed by atoms with Crippen molar-refractivity contribution in [3.05, 3.63) is 119 Å². The van der Waals surface area contributed by atoms with E-state index in [9.17, 15) is 18.4 Å². The molecule has 0 aliphatic rings. The highest BCUT2D eigenvalue weighted by atomic mass is 19.1. The van der Waals surface area contributed by atoms with Crippen molar-refractivity contribution < 1.29 is 33.0 Å². The summed E-state index contributed by atoms with van der Waals surface area (Å²) in [5.74, 6) is -1.86. The molecule has 0 saturated carbocycles. The van der Waals surface area contributed by atoms with Gasteiger partial charge in [0.05, 0.1) is 11.1 Å². The summed E-state index contributed by atoms with van der Waals surface area (Å²) in [7, 11) is 0. The van der Waals surface area contributed by atoms with Gasteiger partial charge >= 0.3 is 5.97 Å². The fraction of sp³-hybridized carbons (Fsp3) is 0.0741. The lowest BCUT2D eigenvalue weighted by Crippen LogP contribution is -2.15. The Morgan fingerprint density at radius 2 is 1.50 bits per heavy atom. The van der Waals surface area contributed by atoms with E-state index in [-0.39, 0.29) is 35.9 Å². The summed E-state index contributed by atoms with van der Waals surface area (Å²) in [5.41, 5.74) is 1.25. The van der Waals surface area contributed by atoms with E-state index in [0.717, 1.165) is 6.20 Å². The summed E-state index contributed by atoms with van der Waals surface area (Å²) in [6, 6.07) is 19.1. The third-order valence-corrected chi connectivity index (χ3v) is 5.03. The molecule has 4 rings (SSSR count). The second-order valence-corrected chi connectivity index (χ2v) is 7.69. The number of anilines is 1. The average Bonchev–Trinajstić information content (AvgIpc) is 2.87. The van der Waals surface area contributed by atoms with Gasteiger partial charge in [0.15, 0.2) is 0 Å². The Morgan fingerprint density at radius 1 is 0.833 bits per heavy atom. The molecule has 0 saturated heterocycles. The van der Waals surface area contributed by atoms with Crippen molar-refractivity contribution in [3.8, 4) is 11.5 Å². The van der Waals surface area contributed by atoms with Crippen LogP contribution in [0.25, 0.3) is 0 Å². The van der Waals surface area contributed by atoms with Gasteiger partial charge in [-0.1, -0.05) is 24.3 Å². The predicted molar refractivity (Wildman–Crippen MR) is 127 cm³/mol. The fourth-order valence-electron chi connectivity index (χ4n) is 3.26. The number of pyridine rings is 1. The quantitative estimate of drug-likeness (QED) is 0.323. The highest BCUT2D eigenvalue weighted by Crippen LogP contribution is 2.27. The normalized spacial score (nSPS) is 10.5. The number of halogens is 2. The van der Waals surface area contributed by atoms with Gasteiger partial charge in [-0.2, -0.15) is 0 Å². The third kappa shape index (κ3) is 6.41. The van der Waals surface area contributed by atoms with E-state index in [1.165, 1.54) is 48.5 Å². The van der Waals surface area contributed by atoms with E-state index in [2.05, 4.69) is 10.3 Å². The highest BCUT2D eigenvalue weighted by Gasteiger charge is 2.16. The molecule has 2 N–H and O–H groups in total. The second kappa shape index (κ2) is 11.1. The number of rotatable bonds is 9. The SMILES string of the molecule is O=C(O)c1ccc(NC(=O)c2cc(OCc3cccc(F)c3)ccc2OCc2cccc(F)c2)nc1. The number of carbonyl (C=O) groups excluding carboxylic acids is 1. The number of carboxylic acids is 1. The van der Waals surface area contributed by atoms with Gasteiger partial charge in [0.2, 0.25) is 0 Å². The Balaban J connectivity index is 1.55. The van der Waals surface area contributed by atoms with Crippen LogP contribution >= 0.6 is 0 Å². The number of nitrogens with one attached hydrogen (secondary N) is 1. The molecule has 36 heavy (non-hydrogen) atoms. The van der Waals surface area contributed by atoms with Crippen molar-refractivity contribution >= 4 is 17.7 Å². The number of benzene rings is 3. The lowest BCUT2D eigenvalue weighted by atomic mass is 10.1. The van der Waals surface area contributed by atoms with Gasteiger partial charge < -0.3 is 19.9 Å². The minimum absolute atomic E-state index is 0.00704. The molecule has 0 radical (unpaired) electrons. The molecule has 182 valence electrons. The van der Waals surface area contributed by atoms with E-state index in [0.29, 0.717) is 16.9 Å². The first-order valence-electron chi connectivity index (χ1n) is 10.8. The lowest BCUT2D eigenvalue weighted by Gasteiger charge is -2.14. The second-order valence-electron chi connectivity index (χ2n) is 7.69. The Hall–Kier alpha value is -4.79. The van der Waals surface area contributed by atoms with E-state index < -0.39 is 23.5 Å². The summed E-state index contributed by atoms with van der Waals surface area (Å²) in [6.45, 7) is 0.0770. The first-order chi connectivity index (χ1) is 17.4. The number of aromatic carboxylic acids is 1. The largest absolute Gasteiger partial charge is 0.489 e. The summed E-state index contributed by atoms with van der Waals surface area (Å²) in [5, 5.41) is 11.6. The third-order valence-electron chi connectivity index (χ3n) is 5.03. The summed E-state index contributed by atoms with van der Waals surface area (Å²) in [4.78, 5) is 28.0. The van der Waals surface area contributed by atoms with Crippen molar-refractivity contribution in [2.45, 2.75) is 13.2 Å².